The maximum absolute atomic E-state index is 3.81. The first-order valence-corrected chi connectivity index (χ1v) is 3.82. The summed E-state index contributed by atoms with van der Waals surface area (Å²) in [5.74, 6) is 0.913. The Kier molecular flexibility index (Phi) is 1.99. The summed E-state index contributed by atoms with van der Waals surface area (Å²) in [6.45, 7) is 2.05. The summed E-state index contributed by atoms with van der Waals surface area (Å²) in [5.41, 5.74) is 0. The van der Waals surface area contributed by atoms with E-state index >= 15 is 0 Å². The van der Waals surface area contributed by atoms with Gasteiger partial charge in [-0.25, -0.2) is 4.68 Å². The minimum Gasteiger partial charge on any atom is -0.232 e. The van der Waals surface area contributed by atoms with Crippen LogP contribution in [0.2, 0.25) is 0 Å². The number of nitrogens with zero attached hydrogens (tertiary/aromatic N) is 4. The summed E-state index contributed by atoms with van der Waals surface area (Å²) in [5, 5.41) is 11.0. The van der Waals surface area contributed by atoms with Crippen LogP contribution in [0.25, 0.3) is 0 Å². The monoisotopic (exact) mass is 238 g/mol. The maximum atomic E-state index is 3.81. The summed E-state index contributed by atoms with van der Waals surface area (Å²) in [4.78, 5) is 0. The molecule has 1 unspecified atom stereocenters. The third-order valence-corrected chi connectivity index (χ3v) is 1.57. The van der Waals surface area contributed by atoms with Crippen LogP contribution in [0, 0.1) is 0 Å². The molecule has 0 aliphatic carbocycles. The number of alkyl halides is 1. The molecule has 1 atom stereocenters. The Balaban J connectivity index is 2.94. The van der Waals surface area contributed by atoms with Crippen LogP contribution >= 0.6 is 22.6 Å². The number of rotatable bonds is 1. The van der Waals surface area contributed by atoms with Gasteiger partial charge >= 0.3 is 0 Å². The first-order chi connectivity index (χ1) is 4.22. The molecule has 0 saturated carbocycles. The highest BCUT2D eigenvalue weighted by molar-refractivity contribution is 14.1. The molecular weight excluding hydrogens is 231 g/mol. The zero-order valence-electron chi connectivity index (χ0n) is 5.24. The van der Waals surface area contributed by atoms with Crippen molar-refractivity contribution < 1.29 is 0 Å². The average Bonchev–Trinajstić information content (AvgIpc) is 2.13. The molecule has 0 N–H and O–H groups in total. The number of hydrogen-bond acceptors (Lipinski definition) is 3. The van der Waals surface area contributed by atoms with Gasteiger partial charge in [-0.2, -0.15) is 0 Å². The molecule has 0 fully saturated rings. The quantitative estimate of drug-likeness (QED) is 0.534. The average molecular weight is 238 g/mol. The van der Waals surface area contributed by atoms with E-state index in [1.54, 1.807) is 4.68 Å². The molecule has 5 heteroatoms. The van der Waals surface area contributed by atoms with Gasteiger partial charge in [0.05, 0.1) is 3.92 Å². The molecular formula is C4H7IN4. The molecule has 50 valence electrons. The molecule has 0 aromatic carbocycles. The van der Waals surface area contributed by atoms with Crippen LogP contribution < -0.4 is 0 Å². The maximum Gasteiger partial charge on any atom is 0.163 e. The lowest BCUT2D eigenvalue weighted by Crippen LogP contribution is -1.98. The molecule has 1 aromatic heterocycles. The van der Waals surface area contributed by atoms with Gasteiger partial charge in [0.2, 0.25) is 0 Å². The highest BCUT2D eigenvalue weighted by Crippen LogP contribution is 2.17. The largest absolute Gasteiger partial charge is 0.232 e. The predicted octanol–water partition coefficient (Wildman–Crippen LogP) is 0.706. The number of halogens is 1. The van der Waals surface area contributed by atoms with E-state index in [0.29, 0.717) is 3.92 Å². The van der Waals surface area contributed by atoms with Crippen molar-refractivity contribution in [3.63, 3.8) is 0 Å². The smallest absolute Gasteiger partial charge is 0.163 e. The van der Waals surface area contributed by atoms with E-state index in [9.17, 15) is 0 Å². The van der Waals surface area contributed by atoms with Crippen LogP contribution in [0.3, 0.4) is 0 Å². The second kappa shape index (κ2) is 2.59. The Morgan fingerprint density at radius 3 is 2.56 bits per heavy atom. The molecule has 0 saturated heterocycles. The predicted molar refractivity (Wildman–Crippen MR) is 41.2 cm³/mol. The van der Waals surface area contributed by atoms with Gasteiger partial charge in [0, 0.05) is 7.05 Å². The summed E-state index contributed by atoms with van der Waals surface area (Å²) >= 11 is 2.27. The fraction of sp³-hybridized carbons (Fsp3) is 0.750. The Morgan fingerprint density at radius 1 is 1.67 bits per heavy atom. The van der Waals surface area contributed by atoms with Gasteiger partial charge in [0.1, 0.15) is 0 Å². The molecule has 0 aliphatic heterocycles. The Morgan fingerprint density at radius 2 is 2.33 bits per heavy atom. The third-order valence-electron chi connectivity index (χ3n) is 1.01. The van der Waals surface area contributed by atoms with Crippen molar-refractivity contribution in [1.82, 2.24) is 20.2 Å². The standard InChI is InChI=1S/C4H7IN4/c1-3(5)4-6-7-8-9(4)2/h3H,1-2H3. The molecule has 0 bridgehead atoms. The van der Waals surface area contributed by atoms with Gasteiger partial charge in [0.25, 0.3) is 0 Å². The molecule has 0 amide bonds. The summed E-state index contributed by atoms with van der Waals surface area (Å²) in [6.07, 6.45) is 0. The van der Waals surface area contributed by atoms with E-state index in [0.717, 1.165) is 5.82 Å². The van der Waals surface area contributed by atoms with Gasteiger partial charge in [-0.05, 0) is 17.4 Å². The van der Waals surface area contributed by atoms with E-state index in [2.05, 4.69) is 38.1 Å². The van der Waals surface area contributed by atoms with Crippen LogP contribution in [0.5, 0.6) is 0 Å². The lowest BCUT2D eigenvalue weighted by molar-refractivity contribution is 0.683. The van der Waals surface area contributed by atoms with Gasteiger partial charge in [-0.1, -0.05) is 22.6 Å². The molecule has 1 heterocycles. The van der Waals surface area contributed by atoms with E-state index in [4.69, 9.17) is 0 Å². The number of tetrazole rings is 1. The topological polar surface area (TPSA) is 43.6 Å². The van der Waals surface area contributed by atoms with Crippen LogP contribution in [0.15, 0.2) is 0 Å². The van der Waals surface area contributed by atoms with Crippen molar-refractivity contribution in [2.45, 2.75) is 10.8 Å². The van der Waals surface area contributed by atoms with Gasteiger partial charge in [0.15, 0.2) is 5.82 Å². The van der Waals surface area contributed by atoms with Crippen LogP contribution in [0.1, 0.15) is 16.7 Å². The summed E-state index contributed by atoms with van der Waals surface area (Å²) in [6, 6.07) is 0. The van der Waals surface area contributed by atoms with Crippen molar-refractivity contribution in [3.8, 4) is 0 Å². The van der Waals surface area contributed by atoms with Gasteiger partial charge < -0.3 is 0 Å². The van der Waals surface area contributed by atoms with E-state index < -0.39 is 0 Å². The molecule has 4 nitrogen and oxygen atoms in total. The lowest BCUT2D eigenvalue weighted by atomic mass is 10.5. The fourth-order valence-corrected chi connectivity index (χ4v) is 1.10. The van der Waals surface area contributed by atoms with E-state index in [-0.39, 0.29) is 0 Å². The molecule has 0 aliphatic rings. The highest BCUT2D eigenvalue weighted by Gasteiger charge is 2.06. The fourth-order valence-electron chi connectivity index (χ4n) is 0.573. The van der Waals surface area contributed by atoms with Crippen molar-refractivity contribution in [2.24, 2.45) is 7.05 Å². The second-order valence-electron chi connectivity index (χ2n) is 1.78. The zero-order valence-corrected chi connectivity index (χ0v) is 7.40. The highest BCUT2D eigenvalue weighted by atomic mass is 127. The zero-order chi connectivity index (χ0) is 6.85. The van der Waals surface area contributed by atoms with Gasteiger partial charge in [-0.15, -0.1) is 5.10 Å². The minimum absolute atomic E-state index is 0.377. The number of aromatic nitrogens is 4. The first kappa shape index (κ1) is 6.91. The molecule has 0 spiro atoms. The summed E-state index contributed by atoms with van der Waals surface area (Å²) in [7, 11) is 1.84. The Hall–Kier alpha value is -0.200. The van der Waals surface area contributed by atoms with E-state index in [1.807, 2.05) is 14.0 Å². The summed E-state index contributed by atoms with van der Waals surface area (Å²) < 4.78 is 2.06. The normalized spacial score (nSPS) is 13.7. The Labute approximate surface area is 66.8 Å². The van der Waals surface area contributed by atoms with Crippen LogP contribution in [0.4, 0.5) is 0 Å². The third kappa shape index (κ3) is 1.38. The first-order valence-electron chi connectivity index (χ1n) is 2.58. The second-order valence-corrected chi connectivity index (χ2v) is 3.65. The van der Waals surface area contributed by atoms with Crippen molar-refractivity contribution in [2.75, 3.05) is 0 Å². The molecule has 1 aromatic rings. The van der Waals surface area contributed by atoms with Crippen LogP contribution in [-0.4, -0.2) is 20.2 Å². The SMILES string of the molecule is CC(I)c1nnnn1C. The van der Waals surface area contributed by atoms with Gasteiger partial charge in [-0.3, -0.25) is 0 Å². The number of aryl methyl sites for hydroxylation is 1. The van der Waals surface area contributed by atoms with Crippen LogP contribution in [-0.2, 0) is 7.05 Å². The molecule has 9 heavy (non-hydrogen) atoms. The van der Waals surface area contributed by atoms with Crippen molar-refractivity contribution >= 4 is 22.6 Å². The molecule has 0 radical (unpaired) electrons. The van der Waals surface area contributed by atoms with Crippen molar-refractivity contribution in [1.29, 1.82) is 0 Å². The van der Waals surface area contributed by atoms with E-state index in [1.165, 1.54) is 0 Å². The van der Waals surface area contributed by atoms with Crippen molar-refractivity contribution in [3.05, 3.63) is 5.82 Å². The molecule has 1 rings (SSSR count). The Bertz CT molecular complexity index is 194. The lowest BCUT2D eigenvalue weighted by Gasteiger charge is -1.96. The number of hydrogen-bond donors (Lipinski definition) is 0. The minimum atomic E-state index is 0.377.